The van der Waals surface area contributed by atoms with E-state index < -0.39 is 17.4 Å². The third kappa shape index (κ3) is 1.79. The maximum Gasteiger partial charge on any atom is 0.316 e. The topological polar surface area (TPSA) is 128 Å². The third-order valence-corrected chi connectivity index (χ3v) is 3.76. The first-order chi connectivity index (χ1) is 10.5. The molecule has 0 unspecified atom stereocenters. The number of allylic oxidation sites excluding steroid dienone is 3. The second-order valence-electron chi connectivity index (χ2n) is 5.00. The van der Waals surface area contributed by atoms with Gasteiger partial charge < -0.3 is 10.2 Å². The molecule has 0 aliphatic heterocycles. The van der Waals surface area contributed by atoms with Crippen LogP contribution in [0.25, 0.3) is 0 Å². The van der Waals surface area contributed by atoms with Gasteiger partial charge in [0.15, 0.2) is 5.78 Å². The van der Waals surface area contributed by atoms with Crippen molar-refractivity contribution >= 4 is 17.4 Å². The molecule has 1 aromatic rings. The van der Waals surface area contributed by atoms with E-state index in [9.17, 15) is 24.7 Å². The van der Waals surface area contributed by atoms with Crippen molar-refractivity contribution in [3.63, 3.8) is 0 Å². The van der Waals surface area contributed by atoms with E-state index in [1.807, 2.05) is 0 Å². The number of carbonyl (C=O) groups excluding carboxylic acids is 2. The highest BCUT2D eigenvalue weighted by Gasteiger charge is 2.35. The smallest absolute Gasteiger partial charge is 0.316 e. The Morgan fingerprint density at radius 2 is 2.00 bits per heavy atom. The van der Waals surface area contributed by atoms with Crippen LogP contribution in [0.3, 0.4) is 0 Å². The molecule has 2 aliphatic rings. The van der Waals surface area contributed by atoms with E-state index in [-0.39, 0.29) is 39.3 Å². The van der Waals surface area contributed by atoms with Crippen molar-refractivity contribution in [3.8, 4) is 5.75 Å². The molecule has 0 fully saturated rings. The van der Waals surface area contributed by atoms with Crippen LogP contribution in [0.15, 0.2) is 40.3 Å². The number of fused-ring (bicyclic) bond motifs is 1. The number of phenolic OH excluding ortho intramolecular Hbond substituents is 1. The number of hydrogen-bond acceptors (Lipinski definition) is 6. The minimum Gasteiger partial charge on any atom is -0.508 e. The van der Waals surface area contributed by atoms with Gasteiger partial charge in [-0.2, -0.15) is 0 Å². The molecular weight excluding hydrogens is 288 g/mol. The first-order valence-corrected chi connectivity index (χ1v) is 6.47. The summed E-state index contributed by atoms with van der Waals surface area (Å²) in [5, 5.41) is 30.3. The summed E-state index contributed by atoms with van der Waals surface area (Å²) in [7, 11) is 0. The summed E-state index contributed by atoms with van der Waals surface area (Å²) in [5.41, 5.74) is -0.133. The van der Waals surface area contributed by atoms with E-state index >= 15 is 0 Å². The lowest BCUT2D eigenvalue weighted by Gasteiger charge is -2.25. The Morgan fingerprint density at radius 3 is 2.68 bits per heavy atom. The highest BCUT2D eigenvalue weighted by molar-refractivity contribution is 6.30. The molecule has 0 heterocycles. The molecule has 0 bridgehead atoms. The van der Waals surface area contributed by atoms with Gasteiger partial charge in [0, 0.05) is 27.4 Å². The first kappa shape index (κ1) is 13.9. The van der Waals surface area contributed by atoms with Crippen LogP contribution in [0.2, 0.25) is 0 Å². The molecule has 2 aliphatic carbocycles. The molecule has 3 rings (SSSR count). The largest absolute Gasteiger partial charge is 0.508 e. The van der Waals surface area contributed by atoms with E-state index in [0.717, 1.165) is 12.1 Å². The number of Topliss-reactive ketones (excluding diaryl/α,β-unsaturated/α-hetero) is 1. The zero-order chi connectivity index (χ0) is 16.0. The molecule has 1 aromatic carbocycles. The Hall–Kier alpha value is -3.09. The average molecular weight is 298 g/mol. The van der Waals surface area contributed by atoms with Crippen molar-refractivity contribution in [2.75, 3.05) is 0 Å². The summed E-state index contributed by atoms with van der Waals surface area (Å²) in [5.74, 6) is -2.23. The van der Waals surface area contributed by atoms with E-state index in [1.165, 1.54) is 6.08 Å². The number of phenols is 1. The van der Waals surface area contributed by atoms with Crippen LogP contribution in [0.4, 0.5) is 0 Å². The number of carbonyl (C=O) groups is 2. The lowest BCUT2D eigenvalue weighted by molar-refractivity contribution is 0.100. The number of aliphatic hydroxyl groups is 1. The first-order valence-electron chi connectivity index (χ1n) is 6.47. The molecule has 3 N–H and O–H groups in total. The maximum atomic E-state index is 12.5. The van der Waals surface area contributed by atoms with Gasteiger partial charge in [0.2, 0.25) is 0 Å². The number of aromatic hydroxyl groups is 1. The zero-order valence-corrected chi connectivity index (χ0v) is 11.2. The number of amides is 1. The number of nitroso groups, excluding NO2 is 1. The maximum absolute atomic E-state index is 12.5. The minimum atomic E-state index is -1.11. The molecule has 22 heavy (non-hydrogen) atoms. The van der Waals surface area contributed by atoms with Crippen LogP contribution in [-0.4, -0.2) is 27.6 Å². The molecule has 0 saturated heterocycles. The molecular formula is C15H10N2O5. The van der Waals surface area contributed by atoms with Crippen LogP contribution in [0, 0.1) is 10.3 Å². The predicted octanol–water partition coefficient (Wildman–Crippen LogP) is 2.40. The van der Waals surface area contributed by atoms with Gasteiger partial charge in [-0.25, -0.2) is 0 Å². The summed E-state index contributed by atoms with van der Waals surface area (Å²) in [6.07, 6.45) is 2.32. The Morgan fingerprint density at radius 1 is 1.27 bits per heavy atom. The van der Waals surface area contributed by atoms with Gasteiger partial charge in [-0.05, 0) is 31.1 Å². The lowest BCUT2D eigenvalue weighted by Crippen LogP contribution is -2.25. The molecule has 0 radical (unpaired) electrons. The summed E-state index contributed by atoms with van der Waals surface area (Å²) in [6, 6.07) is 2.13. The Balaban J connectivity index is 2.26. The summed E-state index contributed by atoms with van der Waals surface area (Å²) >= 11 is 0. The predicted molar refractivity (Wildman–Crippen MR) is 76.4 cm³/mol. The molecule has 0 spiro atoms. The highest BCUT2D eigenvalue weighted by atomic mass is 16.3. The van der Waals surface area contributed by atoms with Gasteiger partial charge in [-0.3, -0.25) is 15.0 Å². The summed E-state index contributed by atoms with van der Waals surface area (Å²) in [4.78, 5) is 34.2. The molecule has 110 valence electrons. The van der Waals surface area contributed by atoms with Crippen molar-refractivity contribution in [1.29, 1.82) is 5.41 Å². The zero-order valence-electron chi connectivity index (χ0n) is 11.2. The van der Waals surface area contributed by atoms with E-state index in [2.05, 4.69) is 5.18 Å². The van der Waals surface area contributed by atoms with E-state index in [1.54, 1.807) is 0 Å². The second-order valence-corrected chi connectivity index (χ2v) is 5.00. The van der Waals surface area contributed by atoms with Crippen molar-refractivity contribution in [1.82, 2.24) is 0 Å². The van der Waals surface area contributed by atoms with Gasteiger partial charge >= 0.3 is 5.91 Å². The monoisotopic (exact) mass is 298 g/mol. The van der Waals surface area contributed by atoms with Gasteiger partial charge in [-0.1, -0.05) is 0 Å². The van der Waals surface area contributed by atoms with Gasteiger partial charge in [0.1, 0.15) is 11.5 Å². The SMILES string of the molecule is N=C1C2=C(CCC=C2O)C(=O)c2cc(C(=O)N=O)cc(O)c21. The average Bonchev–Trinajstić information content (AvgIpc) is 2.50. The van der Waals surface area contributed by atoms with Gasteiger partial charge in [-0.15, -0.1) is 4.91 Å². The lowest BCUT2D eigenvalue weighted by atomic mass is 9.78. The fourth-order valence-electron chi connectivity index (χ4n) is 2.77. The van der Waals surface area contributed by atoms with Gasteiger partial charge in [0.25, 0.3) is 0 Å². The molecule has 0 atom stereocenters. The van der Waals surface area contributed by atoms with Crippen molar-refractivity contribution in [3.05, 3.63) is 56.7 Å². The number of benzene rings is 1. The normalized spacial score (nSPS) is 16.8. The second kappa shape index (κ2) is 4.73. The number of rotatable bonds is 1. The van der Waals surface area contributed by atoms with Crippen molar-refractivity contribution in [2.24, 2.45) is 5.18 Å². The molecule has 0 saturated carbocycles. The number of nitrogens with one attached hydrogen (secondary N) is 1. The van der Waals surface area contributed by atoms with Crippen molar-refractivity contribution in [2.45, 2.75) is 12.8 Å². The fourth-order valence-corrected chi connectivity index (χ4v) is 2.77. The Bertz CT molecular complexity index is 833. The van der Waals surface area contributed by atoms with Gasteiger partial charge in [0.05, 0.1) is 11.3 Å². The number of nitrogens with zero attached hydrogens (tertiary/aromatic N) is 1. The third-order valence-electron chi connectivity index (χ3n) is 3.76. The van der Waals surface area contributed by atoms with Crippen LogP contribution >= 0.6 is 0 Å². The van der Waals surface area contributed by atoms with E-state index in [0.29, 0.717) is 12.8 Å². The number of hydrogen-bond donors (Lipinski definition) is 3. The number of ketones is 1. The molecule has 7 nitrogen and oxygen atoms in total. The number of aliphatic hydroxyl groups excluding tert-OH is 1. The van der Waals surface area contributed by atoms with Crippen LogP contribution in [0.1, 0.15) is 39.1 Å². The van der Waals surface area contributed by atoms with Crippen LogP contribution in [0.5, 0.6) is 5.75 Å². The van der Waals surface area contributed by atoms with E-state index in [4.69, 9.17) is 5.41 Å². The Labute approximate surface area is 124 Å². The van der Waals surface area contributed by atoms with Crippen LogP contribution < -0.4 is 0 Å². The standard InChI is InChI=1S/C15H10N2O5/c16-13-11-7(2-1-3-9(11)18)14(20)8-4-6(15(21)17-22)5-10(19)12(8)13/h3-5,16,18-19H,1-2H2. The minimum absolute atomic E-state index is 0.0366. The Kier molecular flexibility index (Phi) is 2.98. The fraction of sp³-hybridized carbons (Fsp3) is 0.133. The molecule has 0 aromatic heterocycles. The van der Waals surface area contributed by atoms with Crippen molar-refractivity contribution < 1.29 is 19.8 Å². The summed E-state index contributed by atoms with van der Waals surface area (Å²) in [6.45, 7) is 0. The quantitative estimate of drug-likeness (QED) is 0.686. The molecule has 7 heteroatoms. The highest BCUT2D eigenvalue weighted by Crippen LogP contribution is 2.38. The molecule has 1 amide bonds. The summed E-state index contributed by atoms with van der Waals surface area (Å²) < 4.78 is 0. The van der Waals surface area contributed by atoms with Crippen LogP contribution in [-0.2, 0) is 0 Å².